The van der Waals surface area contributed by atoms with Gasteiger partial charge in [0.15, 0.2) is 6.10 Å². The Kier molecular flexibility index (Phi) is 6.09. The number of rotatable bonds is 6. The molecule has 1 unspecified atom stereocenters. The normalized spacial score (nSPS) is 29.9. The summed E-state index contributed by atoms with van der Waals surface area (Å²) in [6.45, 7) is 6.88. The van der Waals surface area contributed by atoms with Crippen LogP contribution >= 0.6 is 0 Å². The number of carbonyl (C=O) groups excluding carboxylic acids is 1. The number of esters is 1. The highest BCUT2D eigenvalue weighted by Gasteiger charge is 2.37. The van der Waals surface area contributed by atoms with Crippen molar-refractivity contribution >= 4 is 5.97 Å². The van der Waals surface area contributed by atoms with E-state index < -0.39 is 6.10 Å². The van der Waals surface area contributed by atoms with Crippen LogP contribution < -0.4 is 5.73 Å². The Morgan fingerprint density at radius 1 is 1.39 bits per heavy atom. The summed E-state index contributed by atoms with van der Waals surface area (Å²) in [5.41, 5.74) is 5.56. The van der Waals surface area contributed by atoms with Crippen LogP contribution in [0.3, 0.4) is 0 Å². The molecule has 4 nitrogen and oxygen atoms in total. The van der Waals surface area contributed by atoms with Crippen LogP contribution in [0.2, 0.25) is 0 Å². The fourth-order valence-electron chi connectivity index (χ4n) is 2.49. The van der Waals surface area contributed by atoms with Crippen LogP contribution in [0, 0.1) is 5.92 Å². The third kappa shape index (κ3) is 3.95. The van der Waals surface area contributed by atoms with Gasteiger partial charge in [-0.2, -0.15) is 0 Å². The third-order valence-electron chi connectivity index (χ3n) is 3.87. The van der Waals surface area contributed by atoms with Gasteiger partial charge in [-0.3, -0.25) is 0 Å². The van der Waals surface area contributed by atoms with E-state index in [1.165, 1.54) is 0 Å². The Morgan fingerprint density at radius 2 is 2.00 bits per heavy atom. The summed E-state index contributed by atoms with van der Waals surface area (Å²) in [7, 11) is 0. The van der Waals surface area contributed by atoms with Gasteiger partial charge in [0.1, 0.15) is 0 Å². The van der Waals surface area contributed by atoms with Crippen LogP contribution in [-0.2, 0) is 14.3 Å². The van der Waals surface area contributed by atoms with Gasteiger partial charge in [0.2, 0.25) is 0 Å². The summed E-state index contributed by atoms with van der Waals surface area (Å²) < 4.78 is 11.1. The molecule has 0 heterocycles. The van der Waals surface area contributed by atoms with E-state index >= 15 is 0 Å². The van der Waals surface area contributed by atoms with E-state index in [1.807, 2.05) is 13.8 Å². The molecule has 0 saturated heterocycles. The van der Waals surface area contributed by atoms with E-state index in [4.69, 9.17) is 15.2 Å². The van der Waals surface area contributed by atoms with E-state index in [0.29, 0.717) is 19.6 Å². The Labute approximate surface area is 110 Å². The summed E-state index contributed by atoms with van der Waals surface area (Å²) in [5, 5.41) is 0. The average Bonchev–Trinajstić information content (AvgIpc) is 2.39. The minimum absolute atomic E-state index is 0.258. The Morgan fingerprint density at radius 3 is 2.44 bits per heavy atom. The lowest BCUT2D eigenvalue weighted by Crippen LogP contribution is -2.48. The van der Waals surface area contributed by atoms with Gasteiger partial charge >= 0.3 is 5.97 Å². The van der Waals surface area contributed by atoms with E-state index in [1.54, 1.807) is 0 Å². The summed E-state index contributed by atoms with van der Waals surface area (Å²) in [5.74, 6) is 0.474. The molecule has 0 aromatic rings. The minimum atomic E-state index is -0.470. The van der Waals surface area contributed by atoms with Crippen molar-refractivity contribution in [1.29, 1.82) is 0 Å². The van der Waals surface area contributed by atoms with Gasteiger partial charge in [0, 0.05) is 6.54 Å². The van der Waals surface area contributed by atoms with Gasteiger partial charge in [-0.1, -0.05) is 13.8 Å². The molecule has 0 aromatic carbocycles. The lowest BCUT2D eigenvalue weighted by molar-refractivity contribution is -0.174. The van der Waals surface area contributed by atoms with Crippen LogP contribution in [0.1, 0.15) is 52.9 Å². The van der Waals surface area contributed by atoms with Gasteiger partial charge < -0.3 is 15.2 Å². The van der Waals surface area contributed by atoms with E-state index in [2.05, 4.69) is 6.92 Å². The summed E-state index contributed by atoms with van der Waals surface area (Å²) in [4.78, 5) is 11.8. The van der Waals surface area contributed by atoms with Gasteiger partial charge in [-0.05, 0) is 44.9 Å². The van der Waals surface area contributed by atoms with Crippen molar-refractivity contribution in [1.82, 2.24) is 0 Å². The van der Waals surface area contributed by atoms with E-state index in [9.17, 15) is 4.79 Å². The summed E-state index contributed by atoms with van der Waals surface area (Å²) in [6.07, 6.45) is 4.30. The molecule has 1 aliphatic rings. The molecule has 1 saturated carbocycles. The second-order valence-corrected chi connectivity index (χ2v) is 5.34. The van der Waals surface area contributed by atoms with Crippen molar-refractivity contribution in [2.24, 2.45) is 11.7 Å². The quantitative estimate of drug-likeness (QED) is 0.741. The smallest absolute Gasteiger partial charge is 0.335 e. The summed E-state index contributed by atoms with van der Waals surface area (Å²) >= 11 is 0. The second-order valence-electron chi connectivity index (χ2n) is 5.34. The van der Waals surface area contributed by atoms with E-state index in [0.717, 1.165) is 31.6 Å². The fourth-order valence-corrected chi connectivity index (χ4v) is 2.49. The van der Waals surface area contributed by atoms with Crippen LogP contribution in [-0.4, -0.2) is 30.8 Å². The summed E-state index contributed by atoms with van der Waals surface area (Å²) in [6, 6.07) is 0. The molecule has 0 aromatic heterocycles. The molecule has 1 aliphatic carbocycles. The molecule has 0 aliphatic heterocycles. The second kappa shape index (κ2) is 7.10. The number of ether oxygens (including phenoxy) is 2. The molecule has 0 bridgehead atoms. The maximum Gasteiger partial charge on any atom is 0.335 e. The highest BCUT2D eigenvalue weighted by Crippen LogP contribution is 2.35. The van der Waals surface area contributed by atoms with Crippen LogP contribution in [0.5, 0.6) is 0 Å². The zero-order valence-corrected chi connectivity index (χ0v) is 11.9. The van der Waals surface area contributed by atoms with Crippen LogP contribution in [0.15, 0.2) is 0 Å². The molecular weight excluding hydrogens is 230 g/mol. The first-order chi connectivity index (χ1) is 8.56. The molecule has 0 amide bonds. The molecule has 106 valence electrons. The highest BCUT2D eigenvalue weighted by atomic mass is 16.6. The van der Waals surface area contributed by atoms with E-state index in [-0.39, 0.29) is 11.6 Å². The van der Waals surface area contributed by atoms with Crippen molar-refractivity contribution < 1.29 is 14.3 Å². The zero-order valence-electron chi connectivity index (χ0n) is 11.9. The Balaban J connectivity index is 2.62. The molecule has 0 spiro atoms. The lowest BCUT2D eigenvalue weighted by Gasteiger charge is -2.40. The first-order valence-corrected chi connectivity index (χ1v) is 7.11. The van der Waals surface area contributed by atoms with Crippen molar-refractivity contribution in [3.05, 3.63) is 0 Å². The lowest BCUT2D eigenvalue weighted by atomic mass is 9.79. The van der Waals surface area contributed by atoms with Gasteiger partial charge in [0.05, 0.1) is 12.2 Å². The molecule has 0 radical (unpaired) electrons. The van der Waals surface area contributed by atoms with Crippen molar-refractivity contribution in [2.45, 2.75) is 64.6 Å². The molecular formula is C14H27NO3. The Hall–Kier alpha value is -0.610. The standard InChI is InChI=1S/C14H27NO3/c1-4-12(13(16)17-5-2)18-14(10-15)8-6-11(3)7-9-14/h11-12H,4-10,15H2,1-3H3. The van der Waals surface area contributed by atoms with Gasteiger partial charge in [0.25, 0.3) is 0 Å². The number of nitrogens with two attached hydrogens (primary N) is 1. The molecule has 18 heavy (non-hydrogen) atoms. The highest BCUT2D eigenvalue weighted by molar-refractivity contribution is 5.74. The topological polar surface area (TPSA) is 61.5 Å². The average molecular weight is 257 g/mol. The van der Waals surface area contributed by atoms with Crippen LogP contribution in [0.25, 0.3) is 0 Å². The van der Waals surface area contributed by atoms with Crippen molar-refractivity contribution in [3.63, 3.8) is 0 Å². The predicted molar refractivity (Wildman–Crippen MR) is 71.2 cm³/mol. The van der Waals surface area contributed by atoms with Crippen LogP contribution in [0.4, 0.5) is 0 Å². The van der Waals surface area contributed by atoms with Gasteiger partial charge in [-0.25, -0.2) is 4.79 Å². The monoisotopic (exact) mass is 257 g/mol. The zero-order chi connectivity index (χ0) is 13.6. The largest absolute Gasteiger partial charge is 0.464 e. The van der Waals surface area contributed by atoms with Crippen molar-refractivity contribution in [3.8, 4) is 0 Å². The number of hydrogen-bond acceptors (Lipinski definition) is 4. The Bertz CT molecular complexity index is 260. The maximum atomic E-state index is 11.8. The minimum Gasteiger partial charge on any atom is -0.464 e. The molecule has 1 rings (SSSR count). The molecule has 1 atom stereocenters. The molecule has 2 N–H and O–H groups in total. The predicted octanol–water partition coefficient (Wildman–Crippen LogP) is 2.25. The number of hydrogen-bond donors (Lipinski definition) is 1. The first-order valence-electron chi connectivity index (χ1n) is 7.11. The van der Waals surface area contributed by atoms with Crippen molar-refractivity contribution in [2.75, 3.05) is 13.2 Å². The SMILES string of the molecule is CCOC(=O)C(CC)OC1(CN)CCC(C)CC1. The fraction of sp³-hybridized carbons (Fsp3) is 0.929. The maximum absolute atomic E-state index is 11.8. The molecule has 4 heteroatoms. The first kappa shape index (κ1) is 15.4. The van der Waals surface area contributed by atoms with Gasteiger partial charge in [-0.15, -0.1) is 0 Å². The number of carbonyl (C=O) groups is 1. The third-order valence-corrected chi connectivity index (χ3v) is 3.87. The molecule has 1 fully saturated rings.